The van der Waals surface area contributed by atoms with Crippen LogP contribution in [0.15, 0.2) is 24.3 Å². The van der Waals surface area contributed by atoms with Gasteiger partial charge in [0.2, 0.25) is 0 Å². The summed E-state index contributed by atoms with van der Waals surface area (Å²) in [5, 5.41) is 0. The fourth-order valence-corrected chi connectivity index (χ4v) is 3.48. The number of anilines is 1. The van der Waals surface area contributed by atoms with E-state index in [9.17, 15) is 13.2 Å². The Balaban J connectivity index is 1.91. The van der Waals surface area contributed by atoms with Gasteiger partial charge >= 0.3 is 6.18 Å². The number of halogens is 3. The van der Waals surface area contributed by atoms with Crippen LogP contribution in [-0.2, 0) is 6.18 Å². The highest BCUT2D eigenvalue weighted by molar-refractivity contribution is 5.53. The van der Waals surface area contributed by atoms with Gasteiger partial charge in [0.15, 0.2) is 0 Å². The summed E-state index contributed by atoms with van der Waals surface area (Å²) in [5.74, 6) is 0. The minimum Gasteiger partial charge on any atom is -0.365 e. The van der Waals surface area contributed by atoms with E-state index in [-0.39, 0.29) is 6.04 Å². The Morgan fingerprint density at radius 3 is 2.32 bits per heavy atom. The Morgan fingerprint density at radius 2 is 1.74 bits per heavy atom. The topological polar surface area (TPSA) is 29.3 Å². The highest BCUT2D eigenvalue weighted by Crippen LogP contribution is 2.40. The van der Waals surface area contributed by atoms with E-state index in [0.29, 0.717) is 17.8 Å². The summed E-state index contributed by atoms with van der Waals surface area (Å²) in [4.78, 5) is 2.15. The molecule has 0 spiro atoms. The van der Waals surface area contributed by atoms with Crippen molar-refractivity contribution >= 4 is 5.69 Å². The van der Waals surface area contributed by atoms with Crippen LogP contribution in [0.2, 0.25) is 0 Å². The fourth-order valence-electron chi connectivity index (χ4n) is 3.48. The van der Waals surface area contributed by atoms with Crippen LogP contribution in [-0.4, -0.2) is 18.1 Å². The molecular weight excluding hydrogens is 253 g/mol. The fraction of sp³-hybridized carbons (Fsp3) is 0.571. The molecule has 2 aliphatic heterocycles. The minimum atomic E-state index is -4.28. The van der Waals surface area contributed by atoms with Crippen molar-refractivity contribution in [3.05, 3.63) is 29.8 Å². The van der Waals surface area contributed by atoms with E-state index in [1.807, 2.05) is 0 Å². The van der Waals surface area contributed by atoms with E-state index in [2.05, 4.69) is 4.90 Å². The Labute approximate surface area is 110 Å². The van der Waals surface area contributed by atoms with Crippen LogP contribution >= 0.6 is 0 Å². The molecule has 5 heteroatoms. The van der Waals surface area contributed by atoms with Gasteiger partial charge < -0.3 is 10.6 Å². The number of hydrogen-bond acceptors (Lipinski definition) is 2. The molecule has 2 fully saturated rings. The number of nitrogens with zero attached hydrogens (tertiary/aromatic N) is 1. The standard InChI is InChI=1S/C14H17F3N2/c15-14(16,17)9-2-1-3-11(6-9)19-12-4-5-13(19)8-10(18)7-12/h1-3,6,10,12-13H,4-5,7-8,18H2. The Bertz CT molecular complexity index is 458. The molecule has 1 aromatic rings. The van der Waals surface area contributed by atoms with Crippen molar-refractivity contribution < 1.29 is 13.2 Å². The van der Waals surface area contributed by atoms with Crippen LogP contribution in [0, 0.1) is 0 Å². The lowest BCUT2D eigenvalue weighted by molar-refractivity contribution is -0.137. The molecule has 0 saturated carbocycles. The summed E-state index contributed by atoms with van der Waals surface area (Å²) in [6.45, 7) is 0. The monoisotopic (exact) mass is 270 g/mol. The minimum absolute atomic E-state index is 0.194. The van der Waals surface area contributed by atoms with Crippen LogP contribution in [0.3, 0.4) is 0 Å². The highest BCUT2D eigenvalue weighted by Gasteiger charge is 2.40. The van der Waals surface area contributed by atoms with E-state index in [0.717, 1.165) is 31.7 Å². The number of rotatable bonds is 1. The third-order valence-corrected chi connectivity index (χ3v) is 4.24. The first-order valence-electron chi connectivity index (χ1n) is 6.66. The molecule has 0 amide bonds. The normalized spacial score (nSPS) is 30.7. The lowest BCUT2D eigenvalue weighted by Gasteiger charge is -2.39. The van der Waals surface area contributed by atoms with Crippen LogP contribution < -0.4 is 10.6 Å². The Kier molecular flexibility index (Phi) is 2.96. The molecule has 2 aliphatic rings. The number of benzene rings is 1. The molecule has 2 unspecified atom stereocenters. The molecule has 19 heavy (non-hydrogen) atoms. The summed E-state index contributed by atoms with van der Waals surface area (Å²) >= 11 is 0. The van der Waals surface area contributed by atoms with Gasteiger partial charge in [-0.3, -0.25) is 0 Å². The highest BCUT2D eigenvalue weighted by atomic mass is 19.4. The predicted molar refractivity (Wildman–Crippen MR) is 67.9 cm³/mol. The van der Waals surface area contributed by atoms with Gasteiger partial charge in [0.1, 0.15) is 0 Å². The molecule has 2 nitrogen and oxygen atoms in total. The SMILES string of the molecule is NC1CC2CCC(C1)N2c1cccc(C(F)(F)F)c1. The zero-order valence-corrected chi connectivity index (χ0v) is 10.5. The van der Waals surface area contributed by atoms with E-state index in [4.69, 9.17) is 5.73 Å². The summed E-state index contributed by atoms with van der Waals surface area (Å²) < 4.78 is 38.3. The number of nitrogens with two attached hydrogens (primary N) is 1. The maximum atomic E-state index is 12.8. The van der Waals surface area contributed by atoms with Gasteiger partial charge in [0.25, 0.3) is 0 Å². The summed E-state index contributed by atoms with van der Waals surface area (Å²) in [6, 6.07) is 6.46. The Hall–Kier alpha value is -1.23. The zero-order valence-electron chi connectivity index (χ0n) is 10.5. The lowest BCUT2D eigenvalue weighted by atomic mass is 9.97. The molecule has 0 aromatic heterocycles. The molecule has 2 atom stereocenters. The average Bonchev–Trinajstić information content (AvgIpc) is 2.61. The lowest BCUT2D eigenvalue weighted by Crippen LogP contribution is -2.47. The average molecular weight is 270 g/mol. The first-order valence-corrected chi connectivity index (χ1v) is 6.66. The van der Waals surface area contributed by atoms with E-state index in [1.54, 1.807) is 6.07 Å². The molecule has 2 heterocycles. The van der Waals surface area contributed by atoms with Crippen LogP contribution in [0.1, 0.15) is 31.2 Å². The molecule has 0 radical (unpaired) electrons. The summed E-state index contributed by atoms with van der Waals surface area (Å²) in [6.07, 6.45) is -0.441. The van der Waals surface area contributed by atoms with Crippen molar-refractivity contribution in [3.63, 3.8) is 0 Å². The third kappa shape index (κ3) is 2.31. The molecule has 0 aliphatic carbocycles. The van der Waals surface area contributed by atoms with Crippen molar-refractivity contribution in [1.82, 2.24) is 0 Å². The van der Waals surface area contributed by atoms with Gasteiger partial charge in [-0.05, 0) is 43.9 Å². The van der Waals surface area contributed by atoms with Gasteiger partial charge in [-0.2, -0.15) is 13.2 Å². The first kappa shape index (κ1) is 12.8. The Morgan fingerprint density at radius 1 is 1.11 bits per heavy atom. The third-order valence-electron chi connectivity index (χ3n) is 4.24. The van der Waals surface area contributed by atoms with Gasteiger partial charge in [-0.15, -0.1) is 0 Å². The molecule has 3 rings (SSSR count). The number of fused-ring (bicyclic) bond motifs is 2. The van der Waals surface area contributed by atoms with E-state index < -0.39 is 11.7 Å². The number of hydrogen-bond donors (Lipinski definition) is 1. The predicted octanol–water partition coefficient (Wildman–Crippen LogP) is 3.16. The smallest absolute Gasteiger partial charge is 0.365 e. The second kappa shape index (κ2) is 4.40. The maximum Gasteiger partial charge on any atom is 0.416 e. The molecule has 2 N–H and O–H groups in total. The van der Waals surface area contributed by atoms with Crippen LogP contribution in [0.25, 0.3) is 0 Å². The summed E-state index contributed by atoms with van der Waals surface area (Å²) in [5.41, 5.74) is 6.11. The molecule has 104 valence electrons. The quantitative estimate of drug-likeness (QED) is 0.849. The van der Waals surface area contributed by atoms with Crippen molar-refractivity contribution in [2.24, 2.45) is 5.73 Å². The van der Waals surface area contributed by atoms with Crippen molar-refractivity contribution in [3.8, 4) is 0 Å². The van der Waals surface area contributed by atoms with Crippen LogP contribution in [0.4, 0.5) is 18.9 Å². The van der Waals surface area contributed by atoms with E-state index in [1.165, 1.54) is 12.1 Å². The second-order valence-corrected chi connectivity index (χ2v) is 5.57. The summed E-state index contributed by atoms with van der Waals surface area (Å²) in [7, 11) is 0. The molecule has 2 saturated heterocycles. The van der Waals surface area contributed by atoms with Gasteiger partial charge in [-0.25, -0.2) is 0 Å². The van der Waals surface area contributed by atoms with E-state index >= 15 is 0 Å². The molecular formula is C14H17F3N2. The molecule has 1 aromatic carbocycles. The second-order valence-electron chi connectivity index (χ2n) is 5.57. The van der Waals surface area contributed by atoms with Crippen molar-refractivity contribution in [1.29, 1.82) is 0 Å². The van der Waals surface area contributed by atoms with Gasteiger partial charge in [-0.1, -0.05) is 6.07 Å². The number of piperidine rings is 1. The number of alkyl halides is 3. The maximum absolute atomic E-state index is 12.8. The van der Waals surface area contributed by atoms with Crippen LogP contribution in [0.5, 0.6) is 0 Å². The van der Waals surface area contributed by atoms with Crippen molar-refractivity contribution in [2.75, 3.05) is 4.90 Å². The van der Waals surface area contributed by atoms with Gasteiger partial charge in [0.05, 0.1) is 5.56 Å². The largest absolute Gasteiger partial charge is 0.416 e. The first-order chi connectivity index (χ1) is 8.95. The van der Waals surface area contributed by atoms with Gasteiger partial charge in [0, 0.05) is 23.8 Å². The molecule has 2 bridgehead atoms. The zero-order chi connectivity index (χ0) is 13.6. The van der Waals surface area contributed by atoms with Crippen molar-refractivity contribution in [2.45, 2.75) is 50.0 Å².